The summed E-state index contributed by atoms with van der Waals surface area (Å²) >= 11 is 4.55. The van der Waals surface area contributed by atoms with E-state index in [-0.39, 0.29) is 12.2 Å². The summed E-state index contributed by atoms with van der Waals surface area (Å²) in [6.45, 7) is 3.78. The minimum Gasteiger partial charge on any atom is -0.463 e. The predicted molar refractivity (Wildman–Crippen MR) is 131 cm³/mol. The molecule has 33 heavy (non-hydrogen) atoms. The molecule has 2 aromatic carbocycles. The molecule has 6 nitrogen and oxygen atoms in total. The summed E-state index contributed by atoms with van der Waals surface area (Å²) in [5.41, 5.74) is 1.52. The number of furan rings is 1. The Morgan fingerprint density at radius 3 is 2.76 bits per heavy atom. The molecule has 0 unspecified atom stereocenters. The largest absolute Gasteiger partial charge is 0.463 e. The van der Waals surface area contributed by atoms with Crippen molar-refractivity contribution in [2.24, 2.45) is 4.99 Å². The van der Waals surface area contributed by atoms with Crippen molar-refractivity contribution < 1.29 is 13.9 Å². The second kappa shape index (κ2) is 8.61. The number of rotatable bonds is 4. The van der Waals surface area contributed by atoms with Gasteiger partial charge in [0.25, 0.3) is 5.56 Å². The number of benzene rings is 2. The van der Waals surface area contributed by atoms with Crippen LogP contribution in [0.15, 0.2) is 84.7 Å². The van der Waals surface area contributed by atoms with E-state index >= 15 is 0 Å². The number of ether oxygens (including phenoxy) is 1. The van der Waals surface area contributed by atoms with Crippen molar-refractivity contribution in [1.82, 2.24) is 4.57 Å². The van der Waals surface area contributed by atoms with Crippen molar-refractivity contribution in [3.05, 3.63) is 102 Å². The number of fused-ring (bicyclic) bond motifs is 2. The van der Waals surface area contributed by atoms with E-state index in [9.17, 15) is 9.59 Å². The quantitative estimate of drug-likeness (QED) is 0.374. The van der Waals surface area contributed by atoms with E-state index in [0.29, 0.717) is 31.0 Å². The molecule has 0 spiro atoms. The molecule has 3 heterocycles. The SMILES string of the molecule is CCOC(=O)C1=C(C)N=c2s/c(=C\c3ccc(Br)o3)c(=O)n2[C@H]1c1cccc2ccccc12. The maximum atomic E-state index is 13.6. The summed E-state index contributed by atoms with van der Waals surface area (Å²) in [6.07, 6.45) is 1.69. The number of esters is 1. The van der Waals surface area contributed by atoms with Crippen molar-refractivity contribution >= 4 is 50.1 Å². The molecule has 0 fully saturated rings. The third-order valence-corrected chi connectivity index (χ3v) is 6.91. The van der Waals surface area contributed by atoms with E-state index < -0.39 is 12.0 Å². The van der Waals surface area contributed by atoms with Crippen LogP contribution in [0.5, 0.6) is 0 Å². The second-order valence-electron chi connectivity index (χ2n) is 7.51. The van der Waals surface area contributed by atoms with Crippen molar-refractivity contribution in [2.45, 2.75) is 19.9 Å². The molecule has 0 aliphatic carbocycles. The fraction of sp³-hybridized carbons (Fsp3) is 0.160. The Morgan fingerprint density at radius 1 is 1.21 bits per heavy atom. The van der Waals surface area contributed by atoms with Crippen LogP contribution in [0, 0.1) is 0 Å². The van der Waals surface area contributed by atoms with Gasteiger partial charge in [-0.25, -0.2) is 9.79 Å². The molecule has 0 N–H and O–H groups in total. The molecule has 0 amide bonds. The topological polar surface area (TPSA) is 73.8 Å². The van der Waals surface area contributed by atoms with E-state index in [1.54, 1.807) is 36.6 Å². The van der Waals surface area contributed by atoms with Gasteiger partial charge in [0.05, 0.1) is 28.5 Å². The molecule has 2 aromatic heterocycles. The Hall–Kier alpha value is -3.23. The van der Waals surface area contributed by atoms with Crippen LogP contribution >= 0.6 is 27.3 Å². The smallest absolute Gasteiger partial charge is 0.338 e. The number of carbonyl (C=O) groups excluding carboxylic acids is 1. The summed E-state index contributed by atoms with van der Waals surface area (Å²) in [5, 5.41) is 1.99. The summed E-state index contributed by atoms with van der Waals surface area (Å²) in [7, 11) is 0. The molecular formula is C25H19BrN2O4S. The lowest BCUT2D eigenvalue weighted by Crippen LogP contribution is -2.40. The van der Waals surface area contributed by atoms with Crippen LogP contribution in [0.1, 0.15) is 31.2 Å². The highest BCUT2D eigenvalue weighted by atomic mass is 79.9. The molecule has 8 heteroatoms. The summed E-state index contributed by atoms with van der Waals surface area (Å²) in [4.78, 5) is 31.8. The molecule has 166 valence electrons. The number of carbonyl (C=O) groups is 1. The van der Waals surface area contributed by atoms with E-state index in [0.717, 1.165) is 16.3 Å². The van der Waals surface area contributed by atoms with Gasteiger partial charge in [-0.05, 0) is 58.2 Å². The Bertz CT molecular complexity index is 1600. The van der Waals surface area contributed by atoms with Gasteiger partial charge in [0.1, 0.15) is 5.76 Å². The Kier molecular flexibility index (Phi) is 5.64. The predicted octanol–water partition coefficient (Wildman–Crippen LogP) is 4.31. The fourth-order valence-corrected chi connectivity index (χ4v) is 5.46. The number of hydrogen-bond donors (Lipinski definition) is 0. The minimum atomic E-state index is -0.656. The molecule has 1 atom stereocenters. The lowest BCUT2D eigenvalue weighted by molar-refractivity contribution is -0.139. The molecule has 5 rings (SSSR count). The van der Waals surface area contributed by atoms with Gasteiger partial charge >= 0.3 is 5.97 Å². The first-order chi connectivity index (χ1) is 16.0. The zero-order valence-electron chi connectivity index (χ0n) is 17.9. The maximum absolute atomic E-state index is 13.6. The molecule has 0 radical (unpaired) electrons. The van der Waals surface area contributed by atoms with E-state index in [4.69, 9.17) is 9.15 Å². The lowest BCUT2D eigenvalue weighted by atomic mass is 9.91. The highest BCUT2D eigenvalue weighted by Crippen LogP contribution is 2.34. The van der Waals surface area contributed by atoms with Gasteiger partial charge in [-0.3, -0.25) is 9.36 Å². The maximum Gasteiger partial charge on any atom is 0.338 e. The van der Waals surface area contributed by atoms with Crippen LogP contribution in [0.25, 0.3) is 16.8 Å². The van der Waals surface area contributed by atoms with Crippen molar-refractivity contribution in [3.8, 4) is 0 Å². The average Bonchev–Trinajstić information content (AvgIpc) is 3.35. The van der Waals surface area contributed by atoms with Gasteiger partial charge in [-0.2, -0.15) is 0 Å². The van der Waals surface area contributed by atoms with Gasteiger partial charge < -0.3 is 9.15 Å². The number of hydrogen-bond acceptors (Lipinski definition) is 6. The highest BCUT2D eigenvalue weighted by Gasteiger charge is 2.34. The van der Waals surface area contributed by atoms with Crippen LogP contribution in [-0.4, -0.2) is 17.1 Å². The number of nitrogens with zero attached hydrogens (tertiary/aromatic N) is 2. The average molecular weight is 523 g/mol. The monoisotopic (exact) mass is 522 g/mol. The number of halogens is 1. The second-order valence-corrected chi connectivity index (χ2v) is 9.30. The zero-order chi connectivity index (χ0) is 23.1. The first-order valence-electron chi connectivity index (χ1n) is 10.4. The molecule has 1 aliphatic heterocycles. The Labute approximate surface area is 201 Å². The first-order valence-corrected chi connectivity index (χ1v) is 12.0. The Morgan fingerprint density at radius 2 is 2.00 bits per heavy atom. The normalized spacial score (nSPS) is 16.1. The molecule has 0 saturated heterocycles. The molecule has 1 aliphatic rings. The van der Waals surface area contributed by atoms with E-state index in [1.165, 1.54) is 11.3 Å². The van der Waals surface area contributed by atoms with Crippen LogP contribution in [0.4, 0.5) is 0 Å². The van der Waals surface area contributed by atoms with Gasteiger partial charge in [0, 0.05) is 6.08 Å². The lowest BCUT2D eigenvalue weighted by Gasteiger charge is -2.25. The molecule has 4 aromatic rings. The third-order valence-electron chi connectivity index (χ3n) is 5.50. The van der Waals surface area contributed by atoms with Crippen LogP contribution in [-0.2, 0) is 9.53 Å². The fourth-order valence-electron chi connectivity index (χ4n) is 4.11. The standard InChI is InChI=1S/C25H19BrN2O4S/c1-3-31-24(30)21-14(2)27-25-28(23(29)19(33-25)13-16-11-12-20(26)32-16)22(21)18-10-6-8-15-7-4-5-9-17(15)18/h4-13,22H,3H2,1-2H3/b19-13-/t22-/m0/s1. The zero-order valence-corrected chi connectivity index (χ0v) is 20.3. The van der Waals surface area contributed by atoms with Gasteiger partial charge in [0.15, 0.2) is 9.47 Å². The third kappa shape index (κ3) is 3.79. The number of aromatic nitrogens is 1. The first kappa shape index (κ1) is 21.6. The summed E-state index contributed by atoms with van der Waals surface area (Å²) < 4.78 is 13.6. The molecular weight excluding hydrogens is 504 g/mol. The summed E-state index contributed by atoms with van der Waals surface area (Å²) in [6, 6.07) is 16.7. The highest BCUT2D eigenvalue weighted by molar-refractivity contribution is 9.10. The van der Waals surface area contributed by atoms with Gasteiger partial charge in [-0.1, -0.05) is 53.8 Å². The molecule has 0 bridgehead atoms. The van der Waals surface area contributed by atoms with Gasteiger partial charge in [0.2, 0.25) is 0 Å². The summed E-state index contributed by atoms with van der Waals surface area (Å²) in [5.74, 6) is 0.0797. The Balaban J connectivity index is 1.81. The van der Waals surface area contributed by atoms with E-state index in [2.05, 4.69) is 20.9 Å². The van der Waals surface area contributed by atoms with Crippen LogP contribution < -0.4 is 14.9 Å². The van der Waals surface area contributed by atoms with Crippen LogP contribution in [0.2, 0.25) is 0 Å². The number of thiazole rings is 1. The minimum absolute atomic E-state index is 0.232. The van der Waals surface area contributed by atoms with Crippen molar-refractivity contribution in [1.29, 1.82) is 0 Å². The molecule has 0 saturated carbocycles. The van der Waals surface area contributed by atoms with Crippen molar-refractivity contribution in [3.63, 3.8) is 0 Å². The van der Waals surface area contributed by atoms with Crippen LogP contribution in [0.3, 0.4) is 0 Å². The van der Waals surface area contributed by atoms with E-state index in [1.807, 2.05) is 42.5 Å². The van der Waals surface area contributed by atoms with Crippen molar-refractivity contribution in [2.75, 3.05) is 6.61 Å². The number of allylic oxidation sites excluding steroid dienone is 1. The van der Waals surface area contributed by atoms with Gasteiger partial charge in [-0.15, -0.1) is 0 Å².